The molecule has 0 aliphatic rings. The Bertz CT molecular complexity index is 758. The van der Waals surface area contributed by atoms with Gasteiger partial charge in [-0.25, -0.2) is 4.39 Å². The first-order chi connectivity index (χ1) is 12.9. The minimum absolute atomic E-state index is 0.104. The summed E-state index contributed by atoms with van der Waals surface area (Å²) in [6, 6.07) is 12.1. The van der Waals surface area contributed by atoms with E-state index < -0.39 is 17.8 Å². The van der Waals surface area contributed by atoms with E-state index in [2.05, 4.69) is 10.6 Å². The summed E-state index contributed by atoms with van der Waals surface area (Å²) >= 11 is 0. The first kappa shape index (κ1) is 20.4. The van der Waals surface area contributed by atoms with Gasteiger partial charge in [0.15, 0.2) is 0 Å². The molecule has 0 radical (unpaired) electrons. The van der Waals surface area contributed by atoms with E-state index in [0.29, 0.717) is 18.7 Å². The van der Waals surface area contributed by atoms with Gasteiger partial charge in [0, 0.05) is 5.56 Å². The van der Waals surface area contributed by atoms with E-state index >= 15 is 0 Å². The number of carbonyl (C=O) groups excluding carboxylic acids is 2. The number of benzene rings is 2. The maximum Gasteiger partial charge on any atom is 0.251 e. The van der Waals surface area contributed by atoms with Crippen molar-refractivity contribution in [3.63, 3.8) is 0 Å². The lowest BCUT2D eigenvalue weighted by Crippen LogP contribution is -2.50. The molecule has 5 nitrogen and oxygen atoms in total. The van der Waals surface area contributed by atoms with Crippen LogP contribution < -0.4 is 15.4 Å². The Balaban J connectivity index is 1.84. The standard InChI is InChI=1S/C21H25FN2O3/c1-14(2)19(24-20(25)16-6-8-17(22)9-7-16)21(26)23-12-13-27-18-10-4-15(3)5-11-18/h4-11,14,19H,12-13H2,1-3H3,(H,23,26)(H,24,25)/t19-/m0/s1. The van der Waals surface area contributed by atoms with E-state index in [-0.39, 0.29) is 11.8 Å². The average Bonchev–Trinajstić information content (AvgIpc) is 2.64. The lowest BCUT2D eigenvalue weighted by atomic mass is 10.0. The Morgan fingerprint density at radius 3 is 2.26 bits per heavy atom. The summed E-state index contributed by atoms with van der Waals surface area (Å²) in [5, 5.41) is 5.48. The predicted octanol–water partition coefficient (Wildman–Crippen LogP) is 3.08. The van der Waals surface area contributed by atoms with Gasteiger partial charge in [0.25, 0.3) is 5.91 Å². The summed E-state index contributed by atoms with van der Waals surface area (Å²) in [4.78, 5) is 24.7. The smallest absolute Gasteiger partial charge is 0.251 e. The lowest BCUT2D eigenvalue weighted by molar-refractivity contribution is -0.124. The van der Waals surface area contributed by atoms with Crippen molar-refractivity contribution >= 4 is 11.8 Å². The molecule has 27 heavy (non-hydrogen) atoms. The molecule has 0 aliphatic heterocycles. The molecule has 0 fully saturated rings. The normalized spacial score (nSPS) is 11.7. The lowest BCUT2D eigenvalue weighted by Gasteiger charge is -2.22. The maximum atomic E-state index is 13.0. The number of nitrogens with one attached hydrogen (secondary N) is 2. The Hall–Kier alpha value is -2.89. The Kier molecular flexibility index (Phi) is 7.34. The van der Waals surface area contributed by atoms with Gasteiger partial charge in [-0.15, -0.1) is 0 Å². The van der Waals surface area contributed by atoms with Crippen LogP contribution in [0.1, 0.15) is 29.8 Å². The molecular formula is C21H25FN2O3. The molecule has 144 valence electrons. The first-order valence-corrected chi connectivity index (χ1v) is 8.90. The molecule has 2 amide bonds. The Morgan fingerprint density at radius 1 is 1.04 bits per heavy atom. The van der Waals surface area contributed by atoms with Crippen LogP contribution in [0.15, 0.2) is 48.5 Å². The van der Waals surface area contributed by atoms with Crippen LogP contribution in [-0.4, -0.2) is 31.0 Å². The van der Waals surface area contributed by atoms with Crippen LogP contribution in [0.25, 0.3) is 0 Å². The summed E-state index contributed by atoms with van der Waals surface area (Å²) in [6.07, 6.45) is 0. The van der Waals surface area contributed by atoms with Crippen molar-refractivity contribution in [1.29, 1.82) is 0 Å². The molecule has 2 aromatic rings. The fraction of sp³-hybridized carbons (Fsp3) is 0.333. The van der Waals surface area contributed by atoms with E-state index in [1.165, 1.54) is 24.3 Å². The van der Waals surface area contributed by atoms with Gasteiger partial charge < -0.3 is 15.4 Å². The quantitative estimate of drug-likeness (QED) is 0.700. The first-order valence-electron chi connectivity index (χ1n) is 8.90. The zero-order chi connectivity index (χ0) is 19.8. The van der Waals surface area contributed by atoms with Crippen LogP contribution in [-0.2, 0) is 4.79 Å². The second kappa shape index (κ2) is 9.71. The third kappa shape index (κ3) is 6.40. The molecule has 0 saturated heterocycles. The largest absolute Gasteiger partial charge is 0.492 e. The van der Waals surface area contributed by atoms with Gasteiger partial charge in [-0.1, -0.05) is 31.5 Å². The molecule has 0 aliphatic carbocycles. The third-order valence-corrected chi connectivity index (χ3v) is 4.03. The highest BCUT2D eigenvalue weighted by Gasteiger charge is 2.24. The number of ether oxygens (including phenoxy) is 1. The highest BCUT2D eigenvalue weighted by molar-refractivity contribution is 5.97. The number of rotatable bonds is 8. The van der Waals surface area contributed by atoms with Crippen molar-refractivity contribution in [2.45, 2.75) is 26.8 Å². The molecule has 0 spiro atoms. The van der Waals surface area contributed by atoms with Gasteiger partial charge >= 0.3 is 0 Å². The van der Waals surface area contributed by atoms with Crippen LogP contribution in [0.4, 0.5) is 4.39 Å². The van der Waals surface area contributed by atoms with Crippen molar-refractivity contribution in [2.75, 3.05) is 13.2 Å². The molecule has 0 heterocycles. The second-order valence-corrected chi connectivity index (χ2v) is 6.65. The molecule has 2 N–H and O–H groups in total. The Morgan fingerprint density at radius 2 is 1.67 bits per heavy atom. The fourth-order valence-corrected chi connectivity index (χ4v) is 2.45. The van der Waals surface area contributed by atoms with Gasteiger partial charge in [0.05, 0.1) is 6.54 Å². The van der Waals surface area contributed by atoms with Gasteiger partial charge in [0.1, 0.15) is 24.2 Å². The van der Waals surface area contributed by atoms with Crippen LogP contribution in [0.2, 0.25) is 0 Å². The molecule has 2 rings (SSSR count). The van der Waals surface area contributed by atoms with Crippen molar-refractivity contribution in [3.05, 3.63) is 65.5 Å². The Labute approximate surface area is 158 Å². The summed E-state index contributed by atoms with van der Waals surface area (Å²) in [6.45, 7) is 6.33. The molecule has 0 aromatic heterocycles. The molecule has 2 aromatic carbocycles. The monoisotopic (exact) mass is 372 g/mol. The van der Waals surface area contributed by atoms with E-state index in [0.717, 1.165) is 11.3 Å². The SMILES string of the molecule is Cc1ccc(OCCNC(=O)[C@@H](NC(=O)c2ccc(F)cc2)C(C)C)cc1. The van der Waals surface area contributed by atoms with Crippen molar-refractivity contribution in [3.8, 4) is 5.75 Å². The molecule has 0 unspecified atom stereocenters. The van der Waals surface area contributed by atoms with Crippen LogP contribution in [0.5, 0.6) is 5.75 Å². The van der Waals surface area contributed by atoms with Crippen LogP contribution in [0.3, 0.4) is 0 Å². The zero-order valence-corrected chi connectivity index (χ0v) is 15.8. The number of aryl methyl sites for hydroxylation is 1. The zero-order valence-electron chi connectivity index (χ0n) is 15.8. The topological polar surface area (TPSA) is 67.4 Å². The summed E-state index contributed by atoms with van der Waals surface area (Å²) in [7, 11) is 0. The average molecular weight is 372 g/mol. The maximum absolute atomic E-state index is 13.0. The fourth-order valence-electron chi connectivity index (χ4n) is 2.45. The minimum atomic E-state index is -0.693. The third-order valence-electron chi connectivity index (χ3n) is 4.03. The second-order valence-electron chi connectivity index (χ2n) is 6.65. The molecule has 0 bridgehead atoms. The minimum Gasteiger partial charge on any atom is -0.492 e. The van der Waals surface area contributed by atoms with Crippen molar-refractivity contribution in [2.24, 2.45) is 5.92 Å². The van der Waals surface area contributed by atoms with Gasteiger partial charge in [-0.05, 0) is 49.2 Å². The van der Waals surface area contributed by atoms with Gasteiger partial charge in [0.2, 0.25) is 5.91 Å². The molecule has 0 saturated carbocycles. The summed E-state index contributed by atoms with van der Waals surface area (Å²) in [5.41, 5.74) is 1.45. The molecular weight excluding hydrogens is 347 g/mol. The number of hydrogen-bond donors (Lipinski definition) is 2. The summed E-state index contributed by atoms with van der Waals surface area (Å²) < 4.78 is 18.6. The van der Waals surface area contributed by atoms with E-state index in [4.69, 9.17) is 4.74 Å². The van der Waals surface area contributed by atoms with E-state index in [9.17, 15) is 14.0 Å². The van der Waals surface area contributed by atoms with Crippen molar-refractivity contribution < 1.29 is 18.7 Å². The van der Waals surface area contributed by atoms with E-state index in [1.54, 1.807) is 0 Å². The highest BCUT2D eigenvalue weighted by Crippen LogP contribution is 2.11. The summed E-state index contributed by atoms with van der Waals surface area (Å²) in [5.74, 6) is -0.488. The number of halogens is 1. The van der Waals surface area contributed by atoms with Crippen molar-refractivity contribution in [1.82, 2.24) is 10.6 Å². The predicted molar refractivity (Wildman–Crippen MR) is 102 cm³/mol. The highest BCUT2D eigenvalue weighted by atomic mass is 19.1. The number of carbonyl (C=O) groups is 2. The number of amides is 2. The van der Waals surface area contributed by atoms with Gasteiger partial charge in [-0.3, -0.25) is 9.59 Å². The van der Waals surface area contributed by atoms with Gasteiger partial charge in [-0.2, -0.15) is 0 Å². The van der Waals surface area contributed by atoms with Crippen LogP contribution in [0, 0.1) is 18.7 Å². The number of hydrogen-bond acceptors (Lipinski definition) is 3. The van der Waals surface area contributed by atoms with E-state index in [1.807, 2.05) is 45.0 Å². The van der Waals surface area contributed by atoms with Crippen LogP contribution >= 0.6 is 0 Å². The molecule has 6 heteroatoms. The molecule has 1 atom stereocenters.